The number of thioether (sulfide) groups is 2. The Morgan fingerprint density at radius 1 is 1.23 bits per heavy atom. The summed E-state index contributed by atoms with van der Waals surface area (Å²) >= 11 is 8.64. The van der Waals surface area contributed by atoms with Crippen molar-refractivity contribution in [3.05, 3.63) is 44.7 Å². The Balaban J connectivity index is 1.79. The van der Waals surface area contributed by atoms with Crippen molar-refractivity contribution in [1.82, 2.24) is 14.3 Å². The van der Waals surface area contributed by atoms with Crippen molar-refractivity contribution in [3.63, 3.8) is 0 Å². The van der Waals surface area contributed by atoms with E-state index < -0.39 is 0 Å². The summed E-state index contributed by atoms with van der Waals surface area (Å²) in [6.07, 6.45) is 6.51. The molecule has 2 aliphatic rings. The number of thiocarbonyl (C=S) groups is 1. The maximum absolute atomic E-state index is 13.5. The Kier molecular flexibility index (Phi) is 7.03. The number of carbonyl (C=O) groups excluding carboxylic acids is 1. The highest BCUT2D eigenvalue weighted by Crippen LogP contribution is 2.34. The van der Waals surface area contributed by atoms with Crippen molar-refractivity contribution < 1.29 is 4.79 Å². The lowest BCUT2D eigenvalue weighted by molar-refractivity contribution is -0.122. The second-order valence-electron chi connectivity index (χ2n) is 7.68. The highest BCUT2D eigenvalue weighted by atomic mass is 32.2. The van der Waals surface area contributed by atoms with Gasteiger partial charge in [-0.05, 0) is 31.1 Å². The molecule has 0 spiro atoms. The molecule has 2 aliphatic heterocycles. The highest BCUT2D eigenvalue weighted by molar-refractivity contribution is 8.26. The Bertz CT molecular complexity index is 1110. The molecule has 0 radical (unpaired) electrons. The number of aryl methyl sites for hydroxylation is 1. The minimum absolute atomic E-state index is 0.111. The van der Waals surface area contributed by atoms with Crippen LogP contribution in [0, 0.1) is 6.92 Å². The smallest absolute Gasteiger partial charge is 0.267 e. The van der Waals surface area contributed by atoms with Gasteiger partial charge in [0.1, 0.15) is 15.8 Å². The molecule has 2 saturated heterocycles. The van der Waals surface area contributed by atoms with E-state index in [4.69, 9.17) is 17.2 Å². The van der Waals surface area contributed by atoms with Gasteiger partial charge in [0.15, 0.2) is 0 Å². The maximum atomic E-state index is 13.5. The van der Waals surface area contributed by atoms with Gasteiger partial charge in [-0.2, -0.15) is 11.8 Å². The first-order chi connectivity index (χ1) is 15.0. The lowest BCUT2D eigenvalue weighted by atomic mass is 10.2. The monoisotopic (exact) mass is 474 g/mol. The van der Waals surface area contributed by atoms with Crippen molar-refractivity contribution in [2.45, 2.75) is 33.1 Å². The predicted molar refractivity (Wildman–Crippen MR) is 135 cm³/mol. The molecule has 0 atom stereocenters. The van der Waals surface area contributed by atoms with Gasteiger partial charge in [-0.15, -0.1) is 0 Å². The third-order valence-electron chi connectivity index (χ3n) is 5.51. The van der Waals surface area contributed by atoms with Crippen molar-refractivity contribution in [3.8, 4) is 0 Å². The zero-order valence-electron chi connectivity index (χ0n) is 17.8. The van der Waals surface area contributed by atoms with Crippen LogP contribution in [0.5, 0.6) is 0 Å². The molecular weight excluding hydrogens is 448 g/mol. The van der Waals surface area contributed by atoms with E-state index in [0.717, 1.165) is 49.4 Å². The van der Waals surface area contributed by atoms with Gasteiger partial charge in [0, 0.05) is 37.3 Å². The molecule has 0 aromatic carbocycles. The zero-order chi connectivity index (χ0) is 22.0. The van der Waals surface area contributed by atoms with E-state index in [9.17, 15) is 9.59 Å². The van der Waals surface area contributed by atoms with Gasteiger partial charge in [-0.3, -0.25) is 18.9 Å². The van der Waals surface area contributed by atoms with Crippen LogP contribution in [0.1, 0.15) is 37.3 Å². The molecule has 0 N–H and O–H groups in total. The van der Waals surface area contributed by atoms with Gasteiger partial charge in [-0.25, -0.2) is 4.98 Å². The molecule has 6 nitrogen and oxygen atoms in total. The summed E-state index contributed by atoms with van der Waals surface area (Å²) in [5, 5.41) is 0. The molecule has 0 bridgehead atoms. The largest absolute Gasteiger partial charge is 0.354 e. The number of unbranched alkanes of at least 4 members (excludes halogenated alkanes) is 2. The summed E-state index contributed by atoms with van der Waals surface area (Å²) in [4.78, 5) is 35.7. The number of aromatic nitrogens is 2. The lowest BCUT2D eigenvalue weighted by Crippen LogP contribution is -2.36. The van der Waals surface area contributed by atoms with E-state index in [-0.39, 0.29) is 11.5 Å². The normalized spacial score (nSPS) is 18.6. The molecule has 2 aromatic rings. The number of anilines is 1. The number of rotatable bonds is 6. The molecule has 0 aliphatic carbocycles. The first-order valence-electron chi connectivity index (χ1n) is 10.6. The molecular formula is C22H26N4O2S3. The van der Waals surface area contributed by atoms with Crippen LogP contribution in [0.25, 0.3) is 11.7 Å². The number of hydrogen-bond acceptors (Lipinski definition) is 7. The number of amides is 1. The molecule has 164 valence electrons. The summed E-state index contributed by atoms with van der Waals surface area (Å²) in [6, 6.07) is 3.80. The molecule has 0 unspecified atom stereocenters. The Labute approximate surface area is 196 Å². The van der Waals surface area contributed by atoms with Crippen LogP contribution in [0.2, 0.25) is 0 Å². The van der Waals surface area contributed by atoms with E-state index in [2.05, 4.69) is 11.8 Å². The van der Waals surface area contributed by atoms with Gasteiger partial charge in [0.25, 0.3) is 11.5 Å². The van der Waals surface area contributed by atoms with Crippen LogP contribution in [0.4, 0.5) is 5.82 Å². The summed E-state index contributed by atoms with van der Waals surface area (Å²) in [7, 11) is 0. The van der Waals surface area contributed by atoms with Crippen molar-refractivity contribution in [2.75, 3.05) is 36.0 Å². The number of carbonyl (C=O) groups is 1. The van der Waals surface area contributed by atoms with Crippen LogP contribution < -0.4 is 10.5 Å². The number of fused-ring (bicyclic) bond motifs is 1. The topological polar surface area (TPSA) is 57.9 Å². The van der Waals surface area contributed by atoms with Crippen LogP contribution in [0.15, 0.2) is 28.0 Å². The average molecular weight is 475 g/mol. The fourth-order valence-corrected chi connectivity index (χ4v) is 5.98. The van der Waals surface area contributed by atoms with E-state index in [1.807, 2.05) is 30.8 Å². The summed E-state index contributed by atoms with van der Waals surface area (Å²) in [5.74, 6) is 2.54. The van der Waals surface area contributed by atoms with Crippen LogP contribution in [0.3, 0.4) is 0 Å². The third kappa shape index (κ3) is 4.54. The molecule has 9 heteroatoms. The van der Waals surface area contributed by atoms with E-state index in [0.29, 0.717) is 32.8 Å². The van der Waals surface area contributed by atoms with Gasteiger partial charge < -0.3 is 4.90 Å². The first kappa shape index (κ1) is 22.4. The number of nitrogens with zero attached hydrogens (tertiary/aromatic N) is 4. The molecule has 31 heavy (non-hydrogen) atoms. The Morgan fingerprint density at radius 2 is 2.00 bits per heavy atom. The van der Waals surface area contributed by atoms with Crippen molar-refractivity contribution >= 4 is 63.5 Å². The fourth-order valence-electron chi connectivity index (χ4n) is 3.79. The molecule has 2 fully saturated rings. The molecule has 4 heterocycles. The van der Waals surface area contributed by atoms with Crippen LogP contribution >= 0.6 is 35.7 Å². The van der Waals surface area contributed by atoms with Gasteiger partial charge in [-0.1, -0.05) is 49.8 Å². The van der Waals surface area contributed by atoms with Crippen molar-refractivity contribution in [2.24, 2.45) is 0 Å². The van der Waals surface area contributed by atoms with Crippen LogP contribution in [-0.4, -0.2) is 55.7 Å². The third-order valence-corrected chi connectivity index (χ3v) is 7.83. The maximum Gasteiger partial charge on any atom is 0.267 e. The van der Waals surface area contributed by atoms with Gasteiger partial charge >= 0.3 is 0 Å². The molecule has 4 rings (SSSR count). The second-order valence-corrected chi connectivity index (χ2v) is 10.6. The summed E-state index contributed by atoms with van der Waals surface area (Å²) in [6.45, 7) is 6.38. The predicted octanol–water partition coefficient (Wildman–Crippen LogP) is 3.95. The zero-order valence-corrected chi connectivity index (χ0v) is 20.2. The number of pyridine rings is 1. The molecule has 0 saturated carbocycles. The highest BCUT2D eigenvalue weighted by Gasteiger charge is 2.32. The van der Waals surface area contributed by atoms with Gasteiger partial charge in [0.05, 0.1) is 10.5 Å². The standard InChI is InChI=1S/C22H26N4O2S3/c1-3-4-5-8-26-21(28)17(31-22(26)29)14-16-19(24-10-12-30-13-11-24)23-18-15(2)7-6-9-25(18)20(16)27/h6-7,9,14H,3-5,8,10-13H2,1-2H3/b17-14-. The summed E-state index contributed by atoms with van der Waals surface area (Å²) in [5.41, 5.74) is 1.91. The SMILES string of the molecule is CCCCCN1C(=O)/C(=C/c2c(N3CCSCC3)nc3c(C)cccn3c2=O)SC1=S. The number of hydrogen-bond donors (Lipinski definition) is 0. The van der Waals surface area contributed by atoms with Crippen LogP contribution in [-0.2, 0) is 4.79 Å². The minimum Gasteiger partial charge on any atom is -0.354 e. The van der Waals surface area contributed by atoms with Gasteiger partial charge in [0.2, 0.25) is 0 Å². The Morgan fingerprint density at radius 3 is 2.74 bits per heavy atom. The van der Waals surface area contributed by atoms with E-state index >= 15 is 0 Å². The quantitative estimate of drug-likeness (QED) is 0.357. The Hall–Kier alpha value is -1.84. The second kappa shape index (κ2) is 9.75. The van der Waals surface area contributed by atoms with Crippen molar-refractivity contribution in [1.29, 1.82) is 0 Å². The van der Waals surface area contributed by atoms with E-state index in [1.54, 1.807) is 21.6 Å². The molecule has 1 amide bonds. The molecule has 2 aromatic heterocycles. The lowest BCUT2D eigenvalue weighted by Gasteiger charge is -2.29. The summed E-state index contributed by atoms with van der Waals surface area (Å²) < 4.78 is 2.14. The average Bonchev–Trinajstić information content (AvgIpc) is 3.04. The minimum atomic E-state index is -0.154. The van der Waals surface area contributed by atoms with E-state index in [1.165, 1.54) is 11.8 Å². The first-order valence-corrected chi connectivity index (χ1v) is 13.0. The fraction of sp³-hybridized carbons (Fsp3) is 0.455.